The molecule has 0 radical (unpaired) electrons. The first kappa shape index (κ1) is 12.8. The van der Waals surface area contributed by atoms with Crippen LogP contribution in [0, 0.1) is 11.7 Å². The number of halogens is 1. The topological polar surface area (TPSA) is 67.2 Å². The van der Waals surface area contributed by atoms with Crippen LogP contribution in [-0.2, 0) is 4.79 Å². The molecule has 2 N–H and O–H groups in total. The van der Waals surface area contributed by atoms with E-state index in [1.807, 2.05) is 6.07 Å². The van der Waals surface area contributed by atoms with Gasteiger partial charge in [-0.05, 0) is 30.2 Å². The van der Waals surface area contributed by atoms with Crippen molar-refractivity contribution >= 4 is 5.97 Å². The summed E-state index contributed by atoms with van der Waals surface area (Å²) in [6.45, 7) is 0.419. The quantitative estimate of drug-likeness (QED) is 0.895. The largest absolute Gasteiger partial charge is 0.481 e. The molecule has 0 bridgehead atoms. The van der Waals surface area contributed by atoms with Crippen molar-refractivity contribution in [2.75, 3.05) is 6.54 Å². The summed E-state index contributed by atoms with van der Waals surface area (Å²) >= 11 is 0. The highest BCUT2D eigenvalue weighted by molar-refractivity contribution is 5.70. The van der Waals surface area contributed by atoms with Crippen LogP contribution in [0.3, 0.4) is 0 Å². The maximum Gasteiger partial charge on any atom is 0.307 e. The average Bonchev–Trinajstić information content (AvgIpc) is 3.10. The predicted molar refractivity (Wildman–Crippen MR) is 70.0 cm³/mol. The van der Waals surface area contributed by atoms with Gasteiger partial charge in [0.1, 0.15) is 11.5 Å². The van der Waals surface area contributed by atoms with E-state index in [1.54, 1.807) is 24.5 Å². The number of carboxylic acids is 1. The van der Waals surface area contributed by atoms with Crippen LogP contribution in [0.25, 0.3) is 5.69 Å². The molecule has 2 unspecified atom stereocenters. The zero-order valence-corrected chi connectivity index (χ0v) is 10.7. The first-order valence-electron chi connectivity index (χ1n) is 6.41. The van der Waals surface area contributed by atoms with Gasteiger partial charge in [-0.25, -0.2) is 9.07 Å². The van der Waals surface area contributed by atoms with Gasteiger partial charge in [-0.15, -0.1) is 0 Å². The van der Waals surface area contributed by atoms with Crippen molar-refractivity contribution in [1.82, 2.24) is 15.1 Å². The van der Waals surface area contributed by atoms with E-state index in [4.69, 9.17) is 5.11 Å². The lowest BCUT2D eigenvalue weighted by Crippen LogP contribution is -2.17. The third-order valence-electron chi connectivity index (χ3n) is 3.61. The first-order chi connectivity index (χ1) is 9.65. The molecule has 3 rings (SSSR count). The van der Waals surface area contributed by atoms with Crippen LogP contribution in [0.4, 0.5) is 4.39 Å². The Balaban J connectivity index is 1.83. The molecule has 104 valence electrons. The Bertz CT molecular complexity index is 627. The van der Waals surface area contributed by atoms with Gasteiger partial charge < -0.3 is 10.4 Å². The van der Waals surface area contributed by atoms with Gasteiger partial charge in [0.2, 0.25) is 0 Å². The van der Waals surface area contributed by atoms with Crippen molar-refractivity contribution in [3.8, 4) is 5.69 Å². The molecule has 6 heteroatoms. The van der Waals surface area contributed by atoms with E-state index in [0.29, 0.717) is 18.7 Å². The van der Waals surface area contributed by atoms with E-state index in [9.17, 15) is 9.18 Å². The van der Waals surface area contributed by atoms with Gasteiger partial charge in [0.25, 0.3) is 0 Å². The third-order valence-corrected chi connectivity index (χ3v) is 3.61. The summed E-state index contributed by atoms with van der Waals surface area (Å²) in [4.78, 5) is 10.9. The molecule has 20 heavy (non-hydrogen) atoms. The van der Waals surface area contributed by atoms with Crippen LogP contribution < -0.4 is 5.32 Å². The Morgan fingerprint density at radius 3 is 2.95 bits per heavy atom. The van der Waals surface area contributed by atoms with E-state index in [0.717, 1.165) is 5.56 Å². The first-order valence-corrected chi connectivity index (χ1v) is 6.41. The summed E-state index contributed by atoms with van der Waals surface area (Å²) in [5.41, 5.74) is 1.15. The molecule has 1 aliphatic heterocycles. The van der Waals surface area contributed by atoms with Crippen molar-refractivity contribution in [2.45, 2.75) is 12.5 Å². The number of aliphatic carboxylic acids is 1. The summed E-state index contributed by atoms with van der Waals surface area (Å²) in [7, 11) is 0. The fraction of sp³-hybridized carbons (Fsp3) is 0.286. The Morgan fingerprint density at radius 2 is 2.35 bits per heavy atom. The lowest BCUT2D eigenvalue weighted by molar-refractivity contribution is -0.141. The second-order valence-corrected chi connectivity index (χ2v) is 4.89. The van der Waals surface area contributed by atoms with E-state index >= 15 is 0 Å². The molecule has 0 spiro atoms. The van der Waals surface area contributed by atoms with Crippen molar-refractivity contribution in [3.05, 3.63) is 48.0 Å². The van der Waals surface area contributed by atoms with Crippen LogP contribution in [0.15, 0.2) is 36.7 Å². The maximum atomic E-state index is 14.1. The van der Waals surface area contributed by atoms with E-state index in [2.05, 4.69) is 10.4 Å². The summed E-state index contributed by atoms with van der Waals surface area (Å²) in [5, 5.41) is 16.1. The Labute approximate surface area is 115 Å². The zero-order valence-electron chi connectivity index (χ0n) is 10.7. The number of rotatable bonds is 3. The van der Waals surface area contributed by atoms with Crippen molar-refractivity contribution in [2.24, 2.45) is 5.92 Å². The van der Waals surface area contributed by atoms with Gasteiger partial charge in [-0.2, -0.15) is 5.10 Å². The van der Waals surface area contributed by atoms with Gasteiger partial charge >= 0.3 is 5.97 Å². The summed E-state index contributed by atoms with van der Waals surface area (Å²) < 4.78 is 15.6. The number of nitrogens with one attached hydrogen (secondary N) is 1. The molecule has 0 amide bonds. The van der Waals surface area contributed by atoms with Crippen molar-refractivity contribution in [1.29, 1.82) is 0 Å². The Hall–Kier alpha value is -2.21. The van der Waals surface area contributed by atoms with Crippen LogP contribution in [0.2, 0.25) is 0 Å². The van der Waals surface area contributed by atoms with Gasteiger partial charge in [-0.1, -0.05) is 6.07 Å². The SMILES string of the molecule is O=C(O)C1CNC(c2ccc(-n3cccn3)c(F)c2)C1. The average molecular weight is 275 g/mol. The van der Waals surface area contributed by atoms with Gasteiger partial charge in [-0.3, -0.25) is 4.79 Å². The summed E-state index contributed by atoms with van der Waals surface area (Å²) in [6.07, 6.45) is 3.74. The Morgan fingerprint density at radius 1 is 1.50 bits per heavy atom. The van der Waals surface area contributed by atoms with Crippen LogP contribution >= 0.6 is 0 Å². The molecule has 2 aromatic rings. The molecule has 1 aliphatic rings. The van der Waals surface area contributed by atoms with Crippen LogP contribution in [0.5, 0.6) is 0 Å². The van der Waals surface area contributed by atoms with Gasteiger partial charge in [0, 0.05) is 25.0 Å². The fourth-order valence-corrected chi connectivity index (χ4v) is 2.51. The van der Waals surface area contributed by atoms with Crippen molar-refractivity contribution < 1.29 is 14.3 Å². The summed E-state index contributed by atoms with van der Waals surface area (Å²) in [5.74, 6) is -1.59. The summed E-state index contributed by atoms with van der Waals surface area (Å²) in [6, 6.07) is 6.52. The number of carboxylic acid groups (broad SMARTS) is 1. The standard InChI is InChI=1S/C14H14FN3O2/c15-11-6-9(12-7-10(8-16-12)14(19)20)2-3-13(11)18-5-1-4-17-18/h1-6,10,12,16H,7-8H2,(H,19,20). The monoisotopic (exact) mass is 275 g/mol. The smallest absolute Gasteiger partial charge is 0.307 e. The molecule has 2 atom stereocenters. The second-order valence-electron chi connectivity index (χ2n) is 4.89. The highest BCUT2D eigenvalue weighted by Crippen LogP contribution is 2.28. The second kappa shape index (κ2) is 5.05. The minimum Gasteiger partial charge on any atom is -0.481 e. The fourth-order valence-electron chi connectivity index (χ4n) is 2.51. The molecule has 2 heterocycles. The number of hydrogen-bond donors (Lipinski definition) is 2. The molecule has 5 nitrogen and oxygen atoms in total. The Kier molecular flexibility index (Phi) is 3.23. The number of benzene rings is 1. The molecule has 1 aromatic heterocycles. The van der Waals surface area contributed by atoms with E-state index in [1.165, 1.54) is 10.7 Å². The molecule has 0 saturated carbocycles. The normalized spacial score (nSPS) is 22.1. The van der Waals surface area contributed by atoms with Crippen LogP contribution in [0.1, 0.15) is 18.0 Å². The lowest BCUT2D eigenvalue weighted by Gasteiger charge is -2.12. The predicted octanol–water partition coefficient (Wildman–Crippen LogP) is 1.75. The third kappa shape index (κ3) is 2.30. The number of carbonyl (C=O) groups is 1. The van der Waals surface area contributed by atoms with Gasteiger partial charge in [0.15, 0.2) is 0 Å². The molecule has 1 fully saturated rings. The van der Waals surface area contributed by atoms with Crippen LogP contribution in [-0.4, -0.2) is 27.4 Å². The molecule has 1 saturated heterocycles. The lowest BCUT2D eigenvalue weighted by atomic mass is 10.00. The van der Waals surface area contributed by atoms with E-state index in [-0.39, 0.29) is 11.9 Å². The highest BCUT2D eigenvalue weighted by Gasteiger charge is 2.30. The zero-order chi connectivity index (χ0) is 14.1. The molecular weight excluding hydrogens is 261 g/mol. The minimum atomic E-state index is -0.811. The maximum absolute atomic E-state index is 14.1. The minimum absolute atomic E-state index is 0.114. The number of nitrogens with zero attached hydrogens (tertiary/aromatic N) is 2. The highest BCUT2D eigenvalue weighted by atomic mass is 19.1. The van der Waals surface area contributed by atoms with E-state index < -0.39 is 11.9 Å². The molecule has 0 aliphatic carbocycles. The van der Waals surface area contributed by atoms with Crippen molar-refractivity contribution in [3.63, 3.8) is 0 Å². The number of aromatic nitrogens is 2. The number of hydrogen-bond acceptors (Lipinski definition) is 3. The molecular formula is C14H14FN3O2. The van der Waals surface area contributed by atoms with Gasteiger partial charge in [0.05, 0.1) is 5.92 Å². The molecule has 1 aromatic carbocycles.